The molecule has 0 aliphatic heterocycles. The zero-order valence-corrected chi connectivity index (χ0v) is 18.0. The van der Waals surface area contributed by atoms with Crippen molar-refractivity contribution in [2.24, 2.45) is 5.41 Å². The fourth-order valence-corrected chi connectivity index (χ4v) is 4.53. The van der Waals surface area contributed by atoms with E-state index in [9.17, 15) is 4.79 Å². The van der Waals surface area contributed by atoms with Gasteiger partial charge in [0.15, 0.2) is 5.82 Å². The van der Waals surface area contributed by atoms with Crippen LogP contribution in [-0.2, 0) is 17.6 Å². The minimum absolute atomic E-state index is 0.00640. The Morgan fingerprint density at radius 3 is 2.79 bits per heavy atom. The second-order valence-electron chi connectivity index (χ2n) is 7.95. The molecule has 0 saturated heterocycles. The Balaban J connectivity index is 1.32. The van der Waals surface area contributed by atoms with Gasteiger partial charge in [0.2, 0.25) is 17.5 Å². The van der Waals surface area contributed by atoms with Crippen LogP contribution in [0.1, 0.15) is 36.1 Å². The van der Waals surface area contributed by atoms with Crippen molar-refractivity contribution in [3.05, 3.63) is 64.5 Å². The van der Waals surface area contributed by atoms with Crippen molar-refractivity contribution in [1.82, 2.24) is 20.2 Å². The number of hydrogen-bond donors (Lipinski definition) is 0. The van der Waals surface area contributed by atoms with E-state index in [1.165, 1.54) is 17.5 Å². The molecule has 0 unspecified atom stereocenters. The van der Waals surface area contributed by atoms with Crippen LogP contribution >= 0.6 is 11.3 Å². The molecule has 1 fully saturated rings. The number of carbonyl (C=O) groups is 1. The molecule has 1 aliphatic rings. The molecule has 3 heterocycles. The number of benzene rings is 1. The van der Waals surface area contributed by atoms with Crippen LogP contribution in [0, 0.1) is 29.1 Å². The van der Waals surface area contributed by atoms with E-state index in [2.05, 4.69) is 31.1 Å². The van der Waals surface area contributed by atoms with Gasteiger partial charge in [0.1, 0.15) is 10.8 Å². The van der Waals surface area contributed by atoms with Gasteiger partial charge in [0.25, 0.3) is 0 Å². The number of nitrogens with zero attached hydrogens (tertiary/aromatic N) is 6. The summed E-state index contributed by atoms with van der Waals surface area (Å²) in [4.78, 5) is 24.1. The van der Waals surface area contributed by atoms with Crippen LogP contribution in [0.4, 0.5) is 10.1 Å². The van der Waals surface area contributed by atoms with Crippen LogP contribution < -0.4 is 0 Å². The van der Waals surface area contributed by atoms with Crippen molar-refractivity contribution in [3.63, 3.8) is 0 Å². The molecular weight excluding hydrogens is 443 g/mol. The van der Waals surface area contributed by atoms with Crippen molar-refractivity contribution in [1.29, 1.82) is 5.26 Å². The average molecular weight is 458 g/mol. The van der Waals surface area contributed by atoms with Gasteiger partial charge >= 0.3 is 0 Å². The fraction of sp³-hybridized carbons (Fsp3) is 0.261. The maximum atomic E-state index is 15.2. The molecule has 4 aromatic rings. The monoisotopic (exact) mass is 458 g/mol. The molecule has 1 aromatic carbocycles. The Morgan fingerprint density at radius 2 is 2.09 bits per heavy atom. The van der Waals surface area contributed by atoms with Gasteiger partial charge in [-0.3, -0.25) is 9.78 Å². The fourth-order valence-electron chi connectivity index (χ4n) is 3.54. The van der Waals surface area contributed by atoms with Crippen LogP contribution in [0.25, 0.3) is 26.3 Å². The quantitative estimate of drug-likeness (QED) is 0.365. The highest BCUT2D eigenvalue weighted by molar-refractivity contribution is 7.18. The van der Waals surface area contributed by atoms with E-state index in [-0.39, 0.29) is 36.8 Å². The van der Waals surface area contributed by atoms with Crippen LogP contribution in [0.2, 0.25) is 0 Å². The van der Waals surface area contributed by atoms with Crippen molar-refractivity contribution in [3.8, 4) is 17.3 Å². The molecule has 162 valence electrons. The standard InChI is InChI=1S/C23H15FN6O2S/c1-26-13-2-4-16(27-11-13)15-3-5-17-22(21(15)24)33-20(28-17)9-19-30-29-18(32-19)8-14(31)10-23(12-25)6-7-23/h2-5,11H,6-10H2. The minimum Gasteiger partial charge on any atom is -0.424 e. The molecular formula is C23H15FN6O2S. The molecule has 1 aliphatic carbocycles. The molecule has 0 spiro atoms. The predicted molar refractivity (Wildman–Crippen MR) is 117 cm³/mol. The number of aromatic nitrogens is 4. The molecule has 0 amide bonds. The van der Waals surface area contributed by atoms with Crippen LogP contribution in [0.5, 0.6) is 0 Å². The second kappa shape index (κ2) is 8.15. The average Bonchev–Trinajstić information content (AvgIpc) is 3.24. The molecule has 3 aromatic heterocycles. The van der Waals surface area contributed by atoms with E-state index in [1.807, 2.05) is 0 Å². The third-order valence-electron chi connectivity index (χ3n) is 5.48. The van der Waals surface area contributed by atoms with Gasteiger partial charge in [-0.15, -0.1) is 21.5 Å². The van der Waals surface area contributed by atoms with E-state index in [4.69, 9.17) is 16.3 Å². The molecule has 0 radical (unpaired) electrons. The lowest BCUT2D eigenvalue weighted by Crippen LogP contribution is -2.10. The first kappa shape index (κ1) is 20.9. The Bertz CT molecular complexity index is 1460. The third kappa shape index (κ3) is 4.21. The number of thiazole rings is 1. The topological polar surface area (TPSA) is 110 Å². The summed E-state index contributed by atoms with van der Waals surface area (Å²) < 4.78 is 21.1. The molecule has 5 rings (SSSR count). The Labute approximate surface area is 191 Å². The SMILES string of the molecule is [C-]#[N+]c1ccc(-c2ccc3nc(Cc4nnc(CC(=O)CC5(C#N)CC5)o4)sc3c2F)nc1. The highest BCUT2D eigenvalue weighted by Gasteiger charge is 2.44. The predicted octanol–water partition coefficient (Wildman–Crippen LogP) is 4.83. The first-order valence-corrected chi connectivity index (χ1v) is 11.0. The van der Waals surface area contributed by atoms with E-state index >= 15 is 4.39 Å². The van der Waals surface area contributed by atoms with E-state index in [1.54, 1.807) is 24.3 Å². The van der Waals surface area contributed by atoms with E-state index < -0.39 is 11.2 Å². The van der Waals surface area contributed by atoms with Gasteiger partial charge in [0, 0.05) is 18.2 Å². The van der Waals surface area contributed by atoms with Gasteiger partial charge in [-0.05, 0) is 31.0 Å². The third-order valence-corrected chi connectivity index (χ3v) is 6.54. The molecule has 1 saturated carbocycles. The summed E-state index contributed by atoms with van der Waals surface area (Å²) in [5.41, 5.74) is 1.16. The highest BCUT2D eigenvalue weighted by Crippen LogP contribution is 2.48. The lowest BCUT2D eigenvalue weighted by atomic mass is 10.00. The zero-order valence-electron chi connectivity index (χ0n) is 17.2. The Morgan fingerprint density at radius 1 is 1.27 bits per heavy atom. The van der Waals surface area contributed by atoms with Crippen molar-refractivity contribution in [2.75, 3.05) is 0 Å². The van der Waals surface area contributed by atoms with Gasteiger partial charge in [-0.2, -0.15) is 5.26 Å². The number of rotatable bonds is 7. The number of Topliss-reactive ketones (excluding diaryl/α,β-unsaturated/α-hetero) is 1. The maximum absolute atomic E-state index is 15.2. The molecule has 33 heavy (non-hydrogen) atoms. The minimum atomic E-state index is -0.502. The molecule has 0 N–H and O–H groups in total. The van der Waals surface area contributed by atoms with Gasteiger partial charge in [-0.25, -0.2) is 14.2 Å². The number of pyridine rings is 1. The Hall–Kier alpha value is -4.02. The molecule has 0 bridgehead atoms. The van der Waals surface area contributed by atoms with Gasteiger partial charge in [0.05, 0.1) is 46.8 Å². The van der Waals surface area contributed by atoms with Crippen molar-refractivity contribution < 1.29 is 13.6 Å². The second-order valence-corrected chi connectivity index (χ2v) is 9.03. The van der Waals surface area contributed by atoms with Gasteiger partial charge < -0.3 is 4.42 Å². The number of hydrogen-bond acceptors (Lipinski definition) is 8. The summed E-state index contributed by atoms with van der Waals surface area (Å²) in [6.45, 7) is 7.00. The summed E-state index contributed by atoms with van der Waals surface area (Å²) in [5, 5.41) is 17.6. The Kier molecular flexibility index (Phi) is 5.15. The van der Waals surface area contributed by atoms with Gasteiger partial charge in [-0.1, -0.05) is 6.07 Å². The number of nitriles is 1. The molecule has 0 atom stereocenters. The largest absolute Gasteiger partial charge is 0.424 e. The smallest absolute Gasteiger partial charge is 0.223 e. The van der Waals surface area contributed by atoms with E-state index in [0.29, 0.717) is 32.2 Å². The van der Waals surface area contributed by atoms with Crippen LogP contribution in [-0.4, -0.2) is 25.9 Å². The lowest BCUT2D eigenvalue weighted by Gasteiger charge is -2.03. The number of halogens is 1. The normalized spacial score (nSPS) is 14.0. The number of fused-ring (bicyclic) bond motifs is 1. The number of carbonyl (C=O) groups excluding carboxylic acids is 1. The summed E-state index contributed by atoms with van der Waals surface area (Å²) in [6, 6.07) is 8.75. The summed E-state index contributed by atoms with van der Waals surface area (Å²) >= 11 is 1.18. The number of ketones is 1. The molecule has 10 heteroatoms. The zero-order chi connectivity index (χ0) is 23.0. The lowest BCUT2D eigenvalue weighted by molar-refractivity contribution is -0.119. The molecule has 8 nitrogen and oxygen atoms in total. The van der Waals surface area contributed by atoms with Crippen LogP contribution in [0.15, 0.2) is 34.9 Å². The van der Waals surface area contributed by atoms with Crippen LogP contribution in [0.3, 0.4) is 0 Å². The van der Waals surface area contributed by atoms with E-state index in [0.717, 1.165) is 12.8 Å². The van der Waals surface area contributed by atoms with Crippen molar-refractivity contribution in [2.45, 2.75) is 32.1 Å². The summed E-state index contributed by atoms with van der Waals surface area (Å²) in [5.74, 6) is -0.0398. The maximum Gasteiger partial charge on any atom is 0.223 e. The summed E-state index contributed by atoms with van der Waals surface area (Å²) in [7, 11) is 0. The summed E-state index contributed by atoms with van der Waals surface area (Å²) in [6.07, 6.45) is 3.33. The highest BCUT2D eigenvalue weighted by atomic mass is 32.1. The first-order valence-electron chi connectivity index (χ1n) is 10.1. The van der Waals surface area contributed by atoms with Crippen molar-refractivity contribution >= 4 is 33.0 Å². The first-order chi connectivity index (χ1) is 16.0.